The zero-order chi connectivity index (χ0) is 11.6. The Bertz CT molecular complexity index is 382. The van der Waals surface area contributed by atoms with Crippen molar-refractivity contribution >= 4 is 6.29 Å². The molecule has 0 saturated heterocycles. The minimum atomic E-state index is -2.52. The highest BCUT2D eigenvalue weighted by Gasteiger charge is 2.45. The Morgan fingerprint density at radius 3 is 2.69 bits per heavy atom. The van der Waals surface area contributed by atoms with Gasteiger partial charge in [-0.25, -0.2) is 8.78 Å². The SMILES string of the molecule is O=Cc1ccccc1OCC1CC(F)(F)C1. The predicted molar refractivity (Wildman–Crippen MR) is 55.0 cm³/mol. The van der Waals surface area contributed by atoms with Crippen LogP contribution in [0.4, 0.5) is 8.78 Å². The molecule has 1 fully saturated rings. The fourth-order valence-electron chi connectivity index (χ4n) is 1.82. The summed E-state index contributed by atoms with van der Waals surface area (Å²) in [5, 5.41) is 0. The van der Waals surface area contributed by atoms with Crippen molar-refractivity contribution in [3.8, 4) is 5.75 Å². The molecule has 0 heterocycles. The number of carbonyl (C=O) groups is 1. The van der Waals surface area contributed by atoms with Gasteiger partial charge in [0.1, 0.15) is 5.75 Å². The summed E-state index contributed by atoms with van der Waals surface area (Å²) in [4.78, 5) is 10.7. The summed E-state index contributed by atoms with van der Waals surface area (Å²) in [7, 11) is 0. The third-order valence-electron chi connectivity index (χ3n) is 2.70. The highest BCUT2D eigenvalue weighted by Crippen LogP contribution is 2.42. The van der Waals surface area contributed by atoms with E-state index in [0.717, 1.165) is 0 Å². The van der Waals surface area contributed by atoms with Crippen molar-refractivity contribution in [3.05, 3.63) is 29.8 Å². The standard InChI is InChI=1S/C12H12F2O2/c13-12(14)5-9(6-12)8-16-11-4-2-1-3-10(11)7-15/h1-4,7,9H,5-6,8H2. The third-order valence-corrected chi connectivity index (χ3v) is 2.70. The second kappa shape index (κ2) is 4.20. The highest BCUT2D eigenvalue weighted by atomic mass is 19.3. The van der Waals surface area contributed by atoms with Gasteiger partial charge in [-0.05, 0) is 12.1 Å². The van der Waals surface area contributed by atoms with E-state index in [-0.39, 0.29) is 25.4 Å². The molecule has 2 nitrogen and oxygen atoms in total. The summed E-state index contributed by atoms with van der Waals surface area (Å²) >= 11 is 0. The highest BCUT2D eigenvalue weighted by molar-refractivity contribution is 5.79. The van der Waals surface area contributed by atoms with E-state index in [1.165, 1.54) is 0 Å². The van der Waals surface area contributed by atoms with E-state index in [1.807, 2.05) is 0 Å². The number of benzene rings is 1. The summed E-state index contributed by atoms with van der Waals surface area (Å²) in [6, 6.07) is 6.78. The van der Waals surface area contributed by atoms with Gasteiger partial charge in [-0.3, -0.25) is 4.79 Å². The number of alkyl halides is 2. The second-order valence-corrected chi connectivity index (χ2v) is 4.10. The maximum absolute atomic E-state index is 12.5. The van der Waals surface area contributed by atoms with Crippen molar-refractivity contribution in [2.45, 2.75) is 18.8 Å². The number of hydrogen-bond donors (Lipinski definition) is 0. The largest absolute Gasteiger partial charge is 0.493 e. The Kier molecular flexibility index (Phi) is 2.90. The molecule has 0 unspecified atom stereocenters. The number of aldehydes is 1. The molecule has 0 spiro atoms. The molecule has 0 bridgehead atoms. The molecule has 0 aliphatic heterocycles. The monoisotopic (exact) mass is 226 g/mol. The molecule has 86 valence electrons. The van der Waals surface area contributed by atoms with Gasteiger partial charge in [-0.2, -0.15) is 0 Å². The van der Waals surface area contributed by atoms with E-state index in [9.17, 15) is 13.6 Å². The number of ether oxygens (including phenoxy) is 1. The Morgan fingerprint density at radius 2 is 2.06 bits per heavy atom. The summed E-state index contributed by atoms with van der Waals surface area (Å²) in [6.45, 7) is 0.250. The van der Waals surface area contributed by atoms with Gasteiger partial charge in [-0.1, -0.05) is 12.1 Å². The topological polar surface area (TPSA) is 26.3 Å². The maximum atomic E-state index is 12.5. The molecule has 1 aromatic carbocycles. The first-order valence-electron chi connectivity index (χ1n) is 5.15. The normalized spacial score (nSPS) is 18.9. The first kappa shape index (κ1) is 11.0. The first-order valence-corrected chi connectivity index (χ1v) is 5.15. The molecule has 0 radical (unpaired) electrons. The van der Waals surface area contributed by atoms with Crippen LogP contribution in [0.1, 0.15) is 23.2 Å². The molecule has 1 aliphatic rings. The smallest absolute Gasteiger partial charge is 0.248 e. The molecule has 16 heavy (non-hydrogen) atoms. The van der Waals surface area contributed by atoms with Crippen LogP contribution in [0.3, 0.4) is 0 Å². The van der Waals surface area contributed by atoms with Gasteiger partial charge in [0.2, 0.25) is 5.92 Å². The third kappa shape index (κ3) is 2.38. The summed E-state index contributed by atoms with van der Waals surface area (Å²) in [5.41, 5.74) is 0.452. The quantitative estimate of drug-likeness (QED) is 0.738. The molecule has 1 aromatic rings. The number of hydrogen-bond acceptors (Lipinski definition) is 2. The fraction of sp³-hybridized carbons (Fsp3) is 0.417. The Balaban J connectivity index is 1.88. The van der Waals surface area contributed by atoms with Crippen molar-refractivity contribution in [1.29, 1.82) is 0 Å². The van der Waals surface area contributed by atoms with Crippen LogP contribution in [0.25, 0.3) is 0 Å². The van der Waals surface area contributed by atoms with Crippen LogP contribution in [0.2, 0.25) is 0 Å². The van der Waals surface area contributed by atoms with Crippen molar-refractivity contribution < 1.29 is 18.3 Å². The van der Waals surface area contributed by atoms with Crippen molar-refractivity contribution in [3.63, 3.8) is 0 Å². The minimum absolute atomic E-state index is 0.102. The lowest BCUT2D eigenvalue weighted by molar-refractivity contribution is -0.119. The van der Waals surface area contributed by atoms with Gasteiger partial charge < -0.3 is 4.74 Å². The van der Waals surface area contributed by atoms with E-state index >= 15 is 0 Å². The molecule has 0 amide bonds. The molecule has 1 saturated carbocycles. The number of para-hydroxylation sites is 1. The summed E-state index contributed by atoms with van der Waals surface area (Å²) in [6.07, 6.45) is 0.469. The zero-order valence-electron chi connectivity index (χ0n) is 8.66. The molecule has 0 N–H and O–H groups in total. The Labute approximate surface area is 92.2 Å². The number of rotatable bonds is 4. The van der Waals surface area contributed by atoms with Crippen LogP contribution in [0.5, 0.6) is 5.75 Å². The van der Waals surface area contributed by atoms with E-state index < -0.39 is 5.92 Å². The lowest BCUT2D eigenvalue weighted by Crippen LogP contribution is -2.38. The number of carbonyl (C=O) groups excluding carboxylic acids is 1. The molecule has 2 rings (SSSR count). The lowest BCUT2D eigenvalue weighted by atomic mass is 9.82. The molecular weight excluding hydrogens is 214 g/mol. The minimum Gasteiger partial charge on any atom is -0.493 e. The van der Waals surface area contributed by atoms with Crippen LogP contribution >= 0.6 is 0 Å². The summed E-state index contributed by atoms with van der Waals surface area (Å²) in [5.74, 6) is -2.15. The molecule has 1 aliphatic carbocycles. The van der Waals surface area contributed by atoms with E-state index in [4.69, 9.17) is 4.74 Å². The van der Waals surface area contributed by atoms with Gasteiger partial charge in [0, 0.05) is 18.8 Å². The van der Waals surface area contributed by atoms with Gasteiger partial charge in [0.25, 0.3) is 0 Å². The average molecular weight is 226 g/mol. The Hall–Kier alpha value is -1.45. The second-order valence-electron chi connectivity index (χ2n) is 4.10. The van der Waals surface area contributed by atoms with Crippen LogP contribution in [0, 0.1) is 5.92 Å². The number of halogens is 2. The lowest BCUT2D eigenvalue weighted by Gasteiger charge is -2.34. The summed E-state index contributed by atoms with van der Waals surface area (Å²) < 4.78 is 30.5. The van der Waals surface area contributed by atoms with E-state index in [1.54, 1.807) is 24.3 Å². The van der Waals surface area contributed by atoms with Crippen LogP contribution in [-0.2, 0) is 0 Å². The average Bonchev–Trinajstić information content (AvgIpc) is 2.23. The van der Waals surface area contributed by atoms with Gasteiger partial charge in [0.05, 0.1) is 12.2 Å². The van der Waals surface area contributed by atoms with Crippen LogP contribution < -0.4 is 4.74 Å². The van der Waals surface area contributed by atoms with Gasteiger partial charge in [-0.15, -0.1) is 0 Å². The Morgan fingerprint density at radius 1 is 1.38 bits per heavy atom. The van der Waals surface area contributed by atoms with Crippen LogP contribution in [-0.4, -0.2) is 18.8 Å². The maximum Gasteiger partial charge on any atom is 0.248 e. The van der Waals surface area contributed by atoms with Crippen molar-refractivity contribution in [1.82, 2.24) is 0 Å². The van der Waals surface area contributed by atoms with E-state index in [0.29, 0.717) is 17.6 Å². The van der Waals surface area contributed by atoms with Crippen molar-refractivity contribution in [2.75, 3.05) is 6.61 Å². The zero-order valence-corrected chi connectivity index (χ0v) is 8.66. The molecule has 4 heteroatoms. The van der Waals surface area contributed by atoms with Crippen LogP contribution in [0.15, 0.2) is 24.3 Å². The van der Waals surface area contributed by atoms with Gasteiger partial charge >= 0.3 is 0 Å². The predicted octanol–water partition coefficient (Wildman–Crippen LogP) is 2.92. The molecule has 0 aromatic heterocycles. The van der Waals surface area contributed by atoms with Crippen molar-refractivity contribution in [2.24, 2.45) is 5.92 Å². The van der Waals surface area contributed by atoms with Gasteiger partial charge in [0.15, 0.2) is 6.29 Å². The molecule has 0 atom stereocenters. The molecular formula is C12H12F2O2. The first-order chi connectivity index (χ1) is 7.61. The fourth-order valence-corrected chi connectivity index (χ4v) is 1.82. The van der Waals surface area contributed by atoms with E-state index in [2.05, 4.69) is 0 Å².